The van der Waals surface area contributed by atoms with Crippen molar-refractivity contribution in [3.05, 3.63) is 46.8 Å². The van der Waals surface area contributed by atoms with Crippen LogP contribution in [0.5, 0.6) is 0 Å². The Morgan fingerprint density at radius 1 is 1.07 bits per heavy atom. The van der Waals surface area contributed by atoms with Crippen molar-refractivity contribution in [2.45, 2.75) is 93.4 Å². The predicted octanol–water partition coefficient (Wildman–Crippen LogP) is 7.20. The zero-order valence-electron chi connectivity index (χ0n) is 18.6. The summed E-state index contributed by atoms with van der Waals surface area (Å²) >= 11 is 0. The number of allylic oxidation sites excluding steroid dienone is 6. The molecule has 1 rings (SSSR count). The Morgan fingerprint density at radius 3 is 2.04 bits per heavy atom. The summed E-state index contributed by atoms with van der Waals surface area (Å²) in [7, 11) is 0. The van der Waals surface area contributed by atoms with Gasteiger partial charge in [-0.2, -0.15) is 0 Å². The summed E-state index contributed by atoms with van der Waals surface area (Å²) in [6.45, 7) is 17.6. The highest BCUT2D eigenvalue weighted by molar-refractivity contribution is 6.21. The zero-order valence-corrected chi connectivity index (χ0v) is 18.6. The summed E-state index contributed by atoms with van der Waals surface area (Å²) < 4.78 is 0. The van der Waals surface area contributed by atoms with Gasteiger partial charge in [-0.15, -0.1) is 6.58 Å². The molecule has 0 saturated carbocycles. The number of hydrogen-bond acceptors (Lipinski definition) is 3. The third-order valence-electron chi connectivity index (χ3n) is 4.00. The van der Waals surface area contributed by atoms with Crippen molar-refractivity contribution in [3.63, 3.8) is 0 Å². The van der Waals surface area contributed by atoms with E-state index in [9.17, 15) is 14.7 Å². The van der Waals surface area contributed by atoms with Crippen LogP contribution in [0.3, 0.4) is 0 Å². The Kier molecular flexibility index (Phi) is 16.5. The van der Waals surface area contributed by atoms with Gasteiger partial charge in [0.1, 0.15) is 0 Å². The fourth-order valence-electron chi connectivity index (χ4n) is 2.12. The van der Waals surface area contributed by atoms with Crippen LogP contribution in [0.4, 0.5) is 0 Å². The van der Waals surface area contributed by atoms with E-state index in [0.717, 1.165) is 19.3 Å². The van der Waals surface area contributed by atoms with E-state index in [1.807, 2.05) is 13.8 Å². The molecule has 0 fully saturated rings. The Balaban J connectivity index is 0. The third-order valence-corrected chi connectivity index (χ3v) is 4.00. The average Bonchev–Trinajstić information content (AvgIpc) is 2.62. The van der Waals surface area contributed by atoms with Crippen LogP contribution in [0, 0.1) is 0 Å². The van der Waals surface area contributed by atoms with Crippen molar-refractivity contribution in [1.29, 1.82) is 0 Å². The first-order valence-electron chi connectivity index (χ1n) is 10.1. The lowest BCUT2D eigenvalue weighted by molar-refractivity contribution is -0.118. The molecule has 0 aliphatic heterocycles. The van der Waals surface area contributed by atoms with Crippen molar-refractivity contribution in [1.82, 2.24) is 0 Å². The molecule has 1 N–H and O–H groups in total. The Morgan fingerprint density at radius 2 is 1.59 bits per heavy atom. The van der Waals surface area contributed by atoms with Gasteiger partial charge in [-0.25, -0.2) is 0 Å². The number of ketones is 2. The topological polar surface area (TPSA) is 54.4 Å². The molecule has 0 bridgehead atoms. The SMILES string of the molecule is C/C=C(\C)CCCC.C=C(C)C.CCCCCC1=CC(=O)C(C)=C(O)C1=O. The molecule has 1 aliphatic rings. The van der Waals surface area contributed by atoms with Gasteiger partial charge in [0.2, 0.25) is 5.78 Å². The molecule has 0 aromatic heterocycles. The van der Waals surface area contributed by atoms with Crippen molar-refractivity contribution < 1.29 is 14.7 Å². The van der Waals surface area contributed by atoms with Crippen LogP contribution in [0.2, 0.25) is 0 Å². The maximum absolute atomic E-state index is 11.5. The fraction of sp³-hybridized carbons (Fsp3) is 0.583. The smallest absolute Gasteiger partial charge is 0.223 e. The summed E-state index contributed by atoms with van der Waals surface area (Å²) in [4.78, 5) is 22.9. The molecule has 0 spiro atoms. The van der Waals surface area contributed by atoms with Crippen LogP contribution < -0.4 is 0 Å². The normalized spacial score (nSPS) is 14.0. The molecule has 0 atom stereocenters. The average molecular weight is 377 g/mol. The summed E-state index contributed by atoms with van der Waals surface area (Å²) in [6, 6.07) is 0. The number of carbonyl (C=O) groups excluding carboxylic acids is 2. The first-order chi connectivity index (χ1) is 12.6. The Labute approximate surface area is 166 Å². The Hall–Kier alpha value is -1.90. The van der Waals surface area contributed by atoms with Gasteiger partial charge >= 0.3 is 0 Å². The lowest BCUT2D eigenvalue weighted by Gasteiger charge is -2.12. The van der Waals surface area contributed by atoms with Gasteiger partial charge in [0, 0.05) is 11.1 Å². The van der Waals surface area contributed by atoms with E-state index in [4.69, 9.17) is 0 Å². The lowest BCUT2D eigenvalue weighted by atomic mass is 9.93. The highest BCUT2D eigenvalue weighted by Gasteiger charge is 2.24. The van der Waals surface area contributed by atoms with Crippen LogP contribution in [0.1, 0.15) is 93.4 Å². The van der Waals surface area contributed by atoms with Crippen molar-refractivity contribution in [3.8, 4) is 0 Å². The molecular weight excluding hydrogens is 336 g/mol. The van der Waals surface area contributed by atoms with E-state index in [1.54, 1.807) is 0 Å². The minimum atomic E-state index is -0.386. The molecule has 3 heteroatoms. The van der Waals surface area contributed by atoms with Gasteiger partial charge in [0.15, 0.2) is 11.5 Å². The van der Waals surface area contributed by atoms with E-state index >= 15 is 0 Å². The van der Waals surface area contributed by atoms with Gasteiger partial charge in [0.05, 0.1) is 0 Å². The zero-order chi connectivity index (χ0) is 21.4. The van der Waals surface area contributed by atoms with E-state index in [1.165, 1.54) is 43.4 Å². The number of unbranched alkanes of at least 4 members (excludes halogenated alkanes) is 3. The van der Waals surface area contributed by atoms with E-state index in [2.05, 4.69) is 40.3 Å². The van der Waals surface area contributed by atoms with Crippen LogP contribution >= 0.6 is 0 Å². The van der Waals surface area contributed by atoms with Crippen molar-refractivity contribution in [2.75, 3.05) is 0 Å². The fourth-order valence-corrected chi connectivity index (χ4v) is 2.12. The van der Waals surface area contributed by atoms with Crippen LogP contribution in [-0.2, 0) is 9.59 Å². The number of rotatable bonds is 7. The second kappa shape index (κ2) is 16.3. The highest BCUT2D eigenvalue weighted by atomic mass is 16.3. The van der Waals surface area contributed by atoms with E-state index in [0.29, 0.717) is 12.0 Å². The maximum Gasteiger partial charge on any atom is 0.223 e. The predicted molar refractivity (Wildman–Crippen MR) is 117 cm³/mol. The Bertz CT molecular complexity index is 570. The van der Waals surface area contributed by atoms with E-state index in [-0.39, 0.29) is 22.9 Å². The summed E-state index contributed by atoms with van der Waals surface area (Å²) in [6.07, 6.45) is 11.0. The molecule has 0 aromatic rings. The minimum absolute atomic E-state index is 0.152. The van der Waals surface area contributed by atoms with Gasteiger partial charge in [-0.05, 0) is 66.4 Å². The third kappa shape index (κ3) is 13.9. The molecule has 1 aliphatic carbocycles. The van der Waals surface area contributed by atoms with Crippen LogP contribution in [0.25, 0.3) is 0 Å². The van der Waals surface area contributed by atoms with E-state index < -0.39 is 0 Å². The van der Waals surface area contributed by atoms with Gasteiger partial charge < -0.3 is 5.11 Å². The summed E-state index contributed by atoms with van der Waals surface area (Å²) in [5.41, 5.74) is 3.28. The van der Waals surface area contributed by atoms with Crippen LogP contribution in [0.15, 0.2) is 46.8 Å². The van der Waals surface area contributed by atoms with Gasteiger partial charge in [-0.1, -0.05) is 50.3 Å². The molecule has 3 nitrogen and oxygen atoms in total. The number of Topliss-reactive ketones (excluding diaryl/α,β-unsaturated/α-hetero) is 1. The molecule has 0 aromatic carbocycles. The first-order valence-corrected chi connectivity index (χ1v) is 10.1. The minimum Gasteiger partial charge on any atom is -0.504 e. The largest absolute Gasteiger partial charge is 0.504 e. The monoisotopic (exact) mass is 376 g/mol. The van der Waals surface area contributed by atoms with Gasteiger partial charge in [0.25, 0.3) is 0 Å². The molecule has 0 saturated heterocycles. The molecule has 0 radical (unpaired) electrons. The van der Waals surface area contributed by atoms with Gasteiger partial charge in [-0.3, -0.25) is 9.59 Å². The lowest BCUT2D eigenvalue weighted by Crippen LogP contribution is -2.17. The molecular formula is C24H40O3. The summed E-state index contributed by atoms with van der Waals surface area (Å²) in [5.74, 6) is -1.02. The number of carbonyl (C=O) groups is 2. The number of aliphatic hydroxyl groups is 1. The molecule has 0 heterocycles. The highest BCUT2D eigenvalue weighted by Crippen LogP contribution is 2.21. The number of hydrogen-bond donors (Lipinski definition) is 1. The second-order valence-electron chi connectivity index (χ2n) is 7.24. The van der Waals surface area contributed by atoms with Crippen LogP contribution in [-0.4, -0.2) is 16.7 Å². The molecule has 27 heavy (non-hydrogen) atoms. The molecule has 0 amide bonds. The van der Waals surface area contributed by atoms with Crippen molar-refractivity contribution >= 4 is 11.6 Å². The maximum atomic E-state index is 11.5. The first kappa shape index (κ1) is 27.3. The number of aliphatic hydroxyl groups excluding tert-OH is 1. The molecule has 154 valence electrons. The summed E-state index contributed by atoms with van der Waals surface area (Å²) in [5, 5.41) is 9.41. The second-order valence-corrected chi connectivity index (χ2v) is 7.24. The van der Waals surface area contributed by atoms with Crippen molar-refractivity contribution in [2.24, 2.45) is 0 Å². The standard InChI is InChI=1S/C12H16O3.C8H16.C4H8/c1-3-4-5-6-9-7-10(13)8(2)11(14)12(9)15;1-4-6-7-8(3)5-2;1-4(2)3/h7,14H,3-6H2,1-2H3;5H,4,6-7H2,1-3H3;1H2,2-3H3/b;8-5+;. The quantitative estimate of drug-likeness (QED) is 0.290. The molecule has 0 unspecified atom stereocenters.